The molecule has 0 aromatic rings. The van der Waals surface area contributed by atoms with Crippen LogP contribution in [-0.4, -0.2) is 54.7 Å². The van der Waals surface area contributed by atoms with Crippen LogP contribution >= 0.6 is 0 Å². The quantitative estimate of drug-likeness (QED) is 0.449. The lowest BCUT2D eigenvalue weighted by Crippen LogP contribution is -2.43. The first-order valence-corrected chi connectivity index (χ1v) is 6.67. The first-order valence-electron chi connectivity index (χ1n) is 6.67. The number of rotatable bonds is 2. The van der Waals surface area contributed by atoms with Crippen molar-refractivity contribution in [2.45, 2.75) is 30.8 Å². The van der Waals surface area contributed by atoms with Gasteiger partial charge in [0.05, 0.1) is 17.7 Å². The molecule has 1 fully saturated rings. The summed E-state index contributed by atoms with van der Waals surface area (Å²) in [5, 5.41) is 29.7. The fraction of sp³-hybridized carbons (Fsp3) is 0.429. The number of aliphatic hydroxyl groups is 3. The van der Waals surface area contributed by atoms with Crippen LogP contribution in [0.15, 0.2) is 6.20 Å². The maximum atomic E-state index is 10.5. The third-order valence-corrected chi connectivity index (χ3v) is 3.95. The molecule has 0 unspecified atom stereocenters. The molecule has 4 atom stereocenters. The molecule has 8 nitrogen and oxygen atoms in total. The summed E-state index contributed by atoms with van der Waals surface area (Å²) in [5.41, 5.74) is 5.31. The summed E-state index contributed by atoms with van der Waals surface area (Å²) >= 11 is 0. The number of aromatic nitrogens is 3. The molecular weight excluding hydrogens is 288 g/mol. The van der Waals surface area contributed by atoms with Crippen molar-refractivity contribution < 1.29 is 20.1 Å². The second-order valence-electron chi connectivity index (χ2n) is 5.45. The molecule has 8 heteroatoms. The predicted octanol–water partition coefficient (Wildman–Crippen LogP) is -0.983. The van der Waals surface area contributed by atoms with Crippen molar-refractivity contribution in [3.05, 3.63) is 17.6 Å². The van der Waals surface area contributed by atoms with Gasteiger partial charge in [-0.3, -0.25) is 0 Å². The Morgan fingerprint density at radius 3 is 2.91 bits per heavy atom. The number of aromatic amines is 1. The van der Waals surface area contributed by atoms with Gasteiger partial charge in [0.1, 0.15) is 41.4 Å². The van der Waals surface area contributed by atoms with Gasteiger partial charge in [0, 0.05) is 6.20 Å². The monoisotopic (exact) mass is 304 g/mol. The summed E-state index contributed by atoms with van der Waals surface area (Å²) in [4.78, 5) is 11.2. The van der Waals surface area contributed by atoms with E-state index in [1.807, 2.05) is 0 Å². The van der Waals surface area contributed by atoms with Gasteiger partial charge in [-0.2, -0.15) is 0 Å². The van der Waals surface area contributed by atoms with Crippen molar-refractivity contribution in [1.82, 2.24) is 15.0 Å². The molecule has 22 heavy (non-hydrogen) atoms. The lowest BCUT2D eigenvalue weighted by Gasteiger charge is -2.26. The minimum absolute atomic E-state index is 0.149. The van der Waals surface area contributed by atoms with Gasteiger partial charge < -0.3 is 30.8 Å². The van der Waals surface area contributed by atoms with Crippen LogP contribution in [0.4, 0.5) is 5.82 Å². The lowest BCUT2D eigenvalue weighted by atomic mass is 9.92. The number of nitrogens with two attached hydrogens (primary N) is 1. The number of hydrogen-bond acceptors (Lipinski definition) is 7. The molecule has 3 aliphatic heterocycles. The van der Waals surface area contributed by atoms with Gasteiger partial charge in [0.25, 0.3) is 0 Å². The Kier molecular flexibility index (Phi) is 3.30. The van der Waals surface area contributed by atoms with Gasteiger partial charge >= 0.3 is 0 Å². The number of nitrogens with zero attached hydrogens (tertiary/aromatic N) is 2. The smallest absolute Gasteiger partial charge is 0.147 e. The van der Waals surface area contributed by atoms with Gasteiger partial charge in [-0.1, -0.05) is 5.92 Å². The van der Waals surface area contributed by atoms with Crippen molar-refractivity contribution in [2.75, 3.05) is 12.3 Å². The van der Waals surface area contributed by atoms with Crippen LogP contribution in [0.25, 0.3) is 11.4 Å². The van der Waals surface area contributed by atoms with E-state index in [4.69, 9.17) is 16.9 Å². The van der Waals surface area contributed by atoms with Crippen LogP contribution in [0.5, 0.6) is 0 Å². The van der Waals surface area contributed by atoms with Gasteiger partial charge in [0.15, 0.2) is 0 Å². The molecule has 3 heterocycles. The van der Waals surface area contributed by atoms with Crippen molar-refractivity contribution in [3.8, 4) is 23.7 Å². The average molecular weight is 304 g/mol. The molecule has 6 N–H and O–H groups in total. The molecule has 0 aromatic heterocycles. The Morgan fingerprint density at radius 1 is 1.59 bits per heavy atom. The molecule has 0 aromatic carbocycles. The molecule has 0 saturated carbocycles. The molecule has 3 aliphatic rings. The largest absolute Gasteiger partial charge is 0.394 e. The highest BCUT2D eigenvalue weighted by molar-refractivity contribution is 5.77. The summed E-state index contributed by atoms with van der Waals surface area (Å²) in [6, 6.07) is 0. The number of ether oxygens (including phenoxy) is 1. The first-order chi connectivity index (χ1) is 10.4. The SMILES string of the molecule is C#Cc1cnc2[nH]c([C@@H]3O[C@H](CO)[C@@H](O)[C@@]3(C)O)nc(N)c1-2. The number of hydrogen-bond donors (Lipinski definition) is 5. The molecule has 0 aliphatic carbocycles. The number of anilines is 1. The summed E-state index contributed by atoms with van der Waals surface area (Å²) in [5.74, 6) is 3.23. The highest BCUT2D eigenvalue weighted by atomic mass is 16.6. The molecule has 0 radical (unpaired) electrons. The van der Waals surface area contributed by atoms with Crippen molar-refractivity contribution in [1.29, 1.82) is 0 Å². The second-order valence-corrected chi connectivity index (χ2v) is 5.45. The summed E-state index contributed by atoms with van der Waals surface area (Å²) in [7, 11) is 0. The van der Waals surface area contributed by atoms with E-state index >= 15 is 0 Å². The number of nitrogen functional groups attached to an aromatic ring is 1. The Bertz CT molecular complexity index is 720. The van der Waals surface area contributed by atoms with E-state index in [2.05, 4.69) is 20.9 Å². The summed E-state index contributed by atoms with van der Waals surface area (Å²) in [6.07, 6.45) is 3.70. The van der Waals surface area contributed by atoms with Crippen LogP contribution < -0.4 is 5.73 Å². The number of H-pyrrole nitrogens is 1. The second kappa shape index (κ2) is 4.93. The van der Waals surface area contributed by atoms with Gasteiger partial charge in [-0.05, 0) is 6.92 Å². The van der Waals surface area contributed by atoms with E-state index in [0.717, 1.165) is 0 Å². The van der Waals surface area contributed by atoms with Gasteiger partial charge in [0.2, 0.25) is 0 Å². The predicted molar refractivity (Wildman–Crippen MR) is 76.7 cm³/mol. The number of terminal acetylenes is 1. The molecule has 3 rings (SSSR count). The number of aliphatic hydroxyl groups excluding tert-OH is 2. The van der Waals surface area contributed by atoms with Crippen molar-refractivity contribution >= 4 is 5.82 Å². The maximum Gasteiger partial charge on any atom is 0.147 e. The average Bonchev–Trinajstić information content (AvgIpc) is 2.99. The molecule has 0 amide bonds. The van der Waals surface area contributed by atoms with E-state index in [1.54, 1.807) is 0 Å². The van der Waals surface area contributed by atoms with Crippen LogP contribution in [0.3, 0.4) is 0 Å². The van der Waals surface area contributed by atoms with Crippen molar-refractivity contribution in [3.63, 3.8) is 0 Å². The normalized spacial score (nSPS) is 31.5. The third-order valence-electron chi connectivity index (χ3n) is 3.95. The van der Waals surface area contributed by atoms with E-state index in [0.29, 0.717) is 17.0 Å². The Balaban J connectivity index is 2.08. The fourth-order valence-electron chi connectivity index (χ4n) is 2.71. The maximum absolute atomic E-state index is 10.5. The number of fused-ring (bicyclic) bond motifs is 1. The van der Waals surface area contributed by atoms with Crippen molar-refractivity contribution in [2.24, 2.45) is 0 Å². The Labute approximate surface area is 126 Å². The minimum atomic E-state index is -1.64. The number of nitrogens with one attached hydrogen (secondary N) is 1. The van der Waals surface area contributed by atoms with Crippen LogP contribution in [-0.2, 0) is 4.74 Å². The minimum Gasteiger partial charge on any atom is -0.394 e. The highest BCUT2D eigenvalue weighted by Crippen LogP contribution is 2.41. The van der Waals surface area contributed by atoms with Gasteiger partial charge in [-0.15, -0.1) is 6.42 Å². The van der Waals surface area contributed by atoms with E-state index in [1.165, 1.54) is 13.1 Å². The molecular formula is C14H16N4O4. The summed E-state index contributed by atoms with van der Waals surface area (Å²) in [6.45, 7) is 0.973. The van der Waals surface area contributed by atoms with Gasteiger partial charge in [-0.25, -0.2) is 9.97 Å². The Hall–Kier alpha value is -2.18. The van der Waals surface area contributed by atoms with Crippen LogP contribution in [0, 0.1) is 12.3 Å². The zero-order valence-electron chi connectivity index (χ0n) is 11.8. The molecule has 1 saturated heterocycles. The Morgan fingerprint density at radius 2 is 2.32 bits per heavy atom. The first kappa shape index (κ1) is 14.7. The topological polar surface area (TPSA) is 138 Å². The fourth-order valence-corrected chi connectivity index (χ4v) is 2.71. The van der Waals surface area contributed by atoms with Crippen LogP contribution in [0.2, 0.25) is 0 Å². The third kappa shape index (κ3) is 1.95. The molecule has 116 valence electrons. The summed E-state index contributed by atoms with van der Waals surface area (Å²) < 4.78 is 5.49. The van der Waals surface area contributed by atoms with E-state index in [9.17, 15) is 15.3 Å². The highest BCUT2D eigenvalue weighted by Gasteiger charge is 2.53. The molecule has 0 bridgehead atoms. The van der Waals surface area contributed by atoms with E-state index in [-0.39, 0.29) is 11.6 Å². The van der Waals surface area contributed by atoms with E-state index < -0.39 is 30.5 Å². The zero-order valence-corrected chi connectivity index (χ0v) is 11.8. The lowest BCUT2D eigenvalue weighted by molar-refractivity contribution is -0.0674. The standard InChI is InChI=1S/C14H16N4O4/c1-3-6-4-16-12-8(6)11(15)17-13(18-12)10-14(2,21)9(20)7(5-19)22-10/h1,4,7,9-10,19-21H,5H2,2H3,(H3,15,16,17,18)/t7-,9-,10+,14-/m1/s1. The molecule has 0 spiro atoms. The van der Waals surface area contributed by atoms with Crippen LogP contribution in [0.1, 0.15) is 24.4 Å². The zero-order chi connectivity index (χ0) is 16.1.